The van der Waals surface area contributed by atoms with E-state index in [0.29, 0.717) is 18.2 Å². The van der Waals surface area contributed by atoms with Gasteiger partial charge in [0.2, 0.25) is 0 Å². The standard InChI is InChI=1S/C22H22FIN2O/c1-5-10-26-20-9-6-15(13(2)3)11-17(20)14(4)21(26)22(27)25-19-8-7-16(24)12-18(19)23/h5-9,11-13H,1,10H2,2-4H3,(H,25,27). The van der Waals surface area contributed by atoms with E-state index < -0.39 is 5.82 Å². The number of fused-ring (bicyclic) bond motifs is 1. The first kappa shape index (κ1) is 19.6. The molecular weight excluding hydrogens is 454 g/mol. The van der Waals surface area contributed by atoms with Crippen LogP contribution in [0.3, 0.4) is 0 Å². The van der Waals surface area contributed by atoms with Crippen LogP contribution in [0.25, 0.3) is 10.9 Å². The first-order valence-corrected chi connectivity index (χ1v) is 9.91. The molecule has 3 nitrogen and oxygen atoms in total. The molecule has 0 bridgehead atoms. The lowest BCUT2D eigenvalue weighted by molar-refractivity contribution is 0.101. The summed E-state index contributed by atoms with van der Waals surface area (Å²) in [5.74, 6) is -0.368. The van der Waals surface area contributed by atoms with Gasteiger partial charge in [-0.15, -0.1) is 6.58 Å². The number of benzene rings is 2. The number of allylic oxidation sites excluding steroid dienone is 1. The Bertz CT molecular complexity index is 1040. The lowest BCUT2D eigenvalue weighted by Gasteiger charge is -2.11. The molecule has 0 spiro atoms. The van der Waals surface area contributed by atoms with E-state index in [0.717, 1.165) is 20.0 Å². The Hall–Kier alpha value is -2.15. The van der Waals surface area contributed by atoms with Crippen molar-refractivity contribution in [1.29, 1.82) is 0 Å². The summed E-state index contributed by atoms with van der Waals surface area (Å²) < 4.78 is 16.9. The molecule has 0 aliphatic carbocycles. The highest BCUT2D eigenvalue weighted by Crippen LogP contribution is 2.30. The number of hydrogen-bond acceptors (Lipinski definition) is 1. The van der Waals surface area contributed by atoms with E-state index in [1.165, 1.54) is 11.6 Å². The molecule has 5 heteroatoms. The first-order valence-electron chi connectivity index (χ1n) is 8.83. The van der Waals surface area contributed by atoms with Crippen molar-refractivity contribution < 1.29 is 9.18 Å². The Morgan fingerprint density at radius 2 is 2.04 bits per heavy atom. The summed E-state index contributed by atoms with van der Waals surface area (Å²) in [7, 11) is 0. The second-order valence-corrected chi connectivity index (χ2v) is 8.13. The summed E-state index contributed by atoms with van der Waals surface area (Å²) in [5, 5.41) is 3.76. The van der Waals surface area contributed by atoms with Gasteiger partial charge in [0, 0.05) is 21.0 Å². The molecule has 0 saturated carbocycles. The van der Waals surface area contributed by atoms with Crippen molar-refractivity contribution in [3.63, 3.8) is 0 Å². The fourth-order valence-electron chi connectivity index (χ4n) is 3.28. The molecule has 0 atom stereocenters. The van der Waals surface area contributed by atoms with Crippen molar-refractivity contribution in [2.45, 2.75) is 33.2 Å². The summed E-state index contributed by atoms with van der Waals surface area (Å²) in [6.07, 6.45) is 1.76. The Labute approximate surface area is 172 Å². The van der Waals surface area contributed by atoms with Crippen LogP contribution in [0.1, 0.15) is 41.4 Å². The number of halogens is 2. The molecule has 0 radical (unpaired) electrons. The monoisotopic (exact) mass is 476 g/mol. The number of carbonyl (C=O) groups is 1. The van der Waals surface area contributed by atoms with Gasteiger partial charge in [0.15, 0.2) is 0 Å². The summed E-state index contributed by atoms with van der Waals surface area (Å²) in [6, 6.07) is 11.0. The summed E-state index contributed by atoms with van der Waals surface area (Å²) in [6.45, 7) is 10.5. The maximum absolute atomic E-state index is 14.2. The SMILES string of the molecule is C=CCn1c(C(=O)Nc2ccc(I)cc2F)c(C)c2cc(C(C)C)ccc21. The zero-order valence-corrected chi connectivity index (χ0v) is 17.8. The molecule has 27 heavy (non-hydrogen) atoms. The van der Waals surface area contributed by atoms with Crippen LogP contribution in [0.5, 0.6) is 0 Å². The van der Waals surface area contributed by atoms with Crippen molar-refractivity contribution in [2.24, 2.45) is 0 Å². The summed E-state index contributed by atoms with van der Waals surface area (Å²) >= 11 is 2.04. The third-order valence-electron chi connectivity index (χ3n) is 4.71. The van der Waals surface area contributed by atoms with Gasteiger partial charge in [-0.1, -0.05) is 26.0 Å². The minimum Gasteiger partial charge on any atom is -0.332 e. The highest BCUT2D eigenvalue weighted by Gasteiger charge is 2.21. The van der Waals surface area contributed by atoms with Crippen molar-refractivity contribution >= 4 is 45.1 Å². The van der Waals surface area contributed by atoms with Crippen LogP contribution in [-0.4, -0.2) is 10.5 Å². The van der Waals surface area contributed by atoms with Gasteiger partial charge < -0.3 is 9.88 Å². The molecular formula is C22H22FIN2O. The van der Waals surface area contributed by atoms with Crippen LogP contribution in [0, 0.1) is 16.3 Å². The van der Waals surface area contributed by atoms with Gasteiger partial charge in [0.25, 0.3) is 5.91 Å². The third-order valence-corrected chi connectivity index (χ3v) is 5.38. The molecule has 0 unspecified atom stereocenters. The quantitative estimate of drug-likeness (QED) is 0.343. The Morgan fingerprint density at radius 1 is 1.30 bits per heavy atom. The molecule has 0 aliphatic rings. The Balaban J connectivity index is 2.11. The summed E-state index contributed by atoms with van der Waals surface area (Å²) in [5.41, 5.74) is 3.79. The van der Waals surface area contributed by atoms with Gasteiger partial charge in [-0.25, -0.2) is 4.39 Å². The Kier molecular flexibility index (Phi) is 5.69. The minimum atomic E-state index is -0.443. The highest BCUT2D eigenvalue weighted by molar-refractivity contribution is 14.1. The lowest BCUT2D eigenvalue weighted by atomic mass is 10.0. The predicted octanol–water partition coefficient (Wildman–Crippen LogP) is 6.26. The zero-order valence-electron chi connectivity index (χ0n) is 15.6. The smallest absolute Gasteiger partial charge is 0.272 e. The van der Waals surface area contributed by atoms with E-state index in [4.69, 9.17) is 0 Å². The second kappa shape index (κ2) is 7.84. The third kappa shape index (κ3) is 3.78. The van der Waals surface area contributed by atoms with Gasteiger partial charge in [0.05, 0.1) is 5.69 Å². The van der Waals surface area contributed by atoms with Gasteiger partial charge in [-0.3, -0.25) is 4.79 Å². The number of carbonyl (C=O) groups excluding carboxylic acids is 1. The number of amides is 1. The van der Waals surface area contributed by atoms with E-state index in [1.54, 1.807) is 18.2 Å². The fraction of sp³-hybridized carbons (Fsp3) is 0.227. The number of hydrogen-bond donors (Lipinski definition) is 1. The molecule has 3 aromatic rings. The fourth-order valence-corrected chi connectivity index (χ4v) is 3.74. The molecule has 0 saturated heterocycles. The van der Waals surface area contributed by atoms with Crippen LogP contribution in [0.2, 0.25) is 0 Å². The molecule has 140 valence electrons. The van der Waals surface area contributed by atoms with E-state index in [9.17, 15) is 9.18 Å². The molecule has 2 aromatic carbocycles. The van der Waals surface area contributed by atoms with Crippen LogP contribution in [0.15, 0.2) is 49.1 Å². The van der Waals surface area contributed by atoms with Crippen molar-refractivity contribution in [3.8, 4) is 0 Å². The van der Waals surface area contributed by atoms with E-state index in [1.807, 2.05) is 40.1 Å². The number of aryl methyl sites for hydroxylation is 1. The molecule has 1 aromatic heterocycles. The average molecular weight is 476 g/mol. The number of nitrogens with zero attached hydrogens (tertiary/aromatic N) is 1. The number of nitrogens with one attached hydrogen (secondary N) is 1. The lowest BCUT2D eigenvalue weighted by Crippen LogP contribution is -2.18. The van der Waals surface area contributed by atoms with E-state index in [-0.39, 0.29) is 11.6 Å². The zero-order chi connectivity index (χ0) is 19.7. The van der Waals surface area contributed by atoms with Crippen LogP contribution >= 0.6 is 22.6 Å². The molecule has 1 heterocycles. The second-order valence-electron chi connectivity index (χ2n) is 6.88. The van der Waals surface area contributed by atoms with E-state index >= 15 is 0 Å². The van der Waals surface area contributed by atoms with Gasteiger partial charge in [-0.05, 0) is 76.9 Å². The van der Waals surface area contributed by atoms with Crippen LogP contribution in [0.4, 0.5) is 10.1 Å². The predicted molar refractivity (Wildman–Crippen MR) is 118 cm³/mol. The van der Waals surface area contributed by atoms with Crippen LogP contribution in [-0.2, 0) is 6.54 Å². The van der Waals surface area contributed by atoms with Crippen LogP contribution < -0.4 is 5.32 Å². The molecule has 3 rings (SSSR count). The maximum Gasteiger partial charge on any atom is 0.272 e. The highest BCUT2D eigenvalue weighted by atomic mass is 127. The Morgan fingerprint density at radius 3 is 2.67 bits per heavy atom. The maximum atomic E-state index is 14.2. The largest absolute Gasteiger partial charge is 0.332 e. The molecule has 0 aliphatic heterocycles. The minimum absolute atomic E-state index is 0.179. The molecule has 1 amide bonds. The normalized spacial score (nSPS) is 11.2. The van der Waals surface area contributed by atoms with Gasteiger partial charge in [0.1, 0.15) is 11.5 Å². The first-order chi connectivity index (χ1) is 12.8. The number of anilines is 1. The molecule has 0 fully saturated rings. The van der Waals surface area contributed by atoms with Crippen molar-refractivity contribution in [2.75, 3.05) is 5.32 Å². The number of aromatic nitrogens is 1. The van der Waals surface area contributed by atoms with E-state index in [2.05, 4.69) is 37.9 Å². The van der Waals surface area contributed by atoms with Crippen molar-refractivity contribution in [1.82, 2.24) is 4.57 Å². The van der Waals surface area contributed by atoms with Crippen molar-refractivity contribution in [3.05, 3.63) is 75.3 Å². The van der Waals surface area contributed by atoms with Gasteiger partial charge >= 0.3 is 0 Å². The topological polar surface area (TPSA) is 34.0 Å². The molecule has 1 N–H and O–H groups in total. The average Bonchev–Trinajstić information content (AvgIpc) is 2.89. The number of rotatable bonds is 5. The summed E-state index contributed by atoms with van der Waals surface area (Å²) in [4.78, 5) is 13.0. The van der Waals surface area contributed by atoms with Gasteiger partial charge in [-0.2, -0.15) is 0 Å².